The Morgan fingerprint density at radius 1 is 0.941 bits per heavy atom. The van der Waals surface area contributed by atoms with Crippen LogP contribution in [0.2, 0.25) is 0 Å². The maximum atomic E-state index is 8.60. The number of rotatable bonds is 7. The summed E-state index contributed by atoms with van der Waals surface area (Å²) in [4.78, 5) is 3.74. The SMILES string of the molecule is CCc1cc2cc(CC3(Cc4ccc(C(=N)N5CCCCC5)cc4)C=C3C)sc2cc1CC.Cl. The zero-order valence-corrected chi connectivity index (χ0v) is 22.4. The summed E-state index contributed by atoms with van der Waals surface area (Å²) in [5.74, 6) is 0.694. The predicted octanol–water partition coefficient (Wildman–Crippen LogP) is 7.99. The van der Waals surface area contributed by atoms with Crippen LogP contribution in [0.3, 0.4) is 0 Å². The van der Waals surface area contributed by atoms with E-state index < -0.39 is 0 Å². The minimum Gasteiger partial charge on any atom is -0.357 e. The largest absolute Gasteiger partial charge is 0.357 e. The van der Waals surface area contributed by atoms with Crippen LogP contribution in [-0.4, -0.2) is 23.8 Å². The van der Waals surface area contributed by atoms with Gasteiger partial charge in [0.2, 0.25) is 0 Å². The maximum Gasteiger partial charge on any atom is 0.128 e. The summed E-state index contributed by atoms with van der Waals surface area (Å²) in [6.07, 6.45) is 10.6. The second-order valence-electron chi connectivity index (χ2n) is 10.0. The number of nitrogens with zero attached hydrogens (tertiary/aromatic N) is 1. The van der Waals surface area contributed by atoms with Crippen molar-refractivity contribution in [1.29, 1.82) is 5.41 Å². The number of nitrogens with one attached hydrogen (secondary N) is 1. The molecule has 0 amide bonds. The van der Waals surface area contributed by atoms with E-state index >= 15 is 0 Å². The molecule has 2 aromatic carbocycles. The smallest absolute Gasteiger partial charge is 0.128 e. The first kappa shape index (κ1) is 25.0. The maximum absolute atomic E-state index is 8.60. The first-order chi connectivity index (χ1) is 16.0. The van der Waals surface area contributed by atoms with E-state index in [1.54, 1.807) is 0 Å². The van der Waals surface area contributed by atoms with Gasteiger partial charge in [-0.05, 0) is 86.1 Å². The van der Waals surface area contributed by atoms with Crippen molar-refractivity contribution < 1.29 is 0 Å². The van der Waals surface area contributed by atoms with Gasteiger partial charge in [-0.3, -0.25) is 5.41 Å². The molecule has 1 aromatic heterocycles. The van der Waals surface area contributed by atoms with Gasteiger partial charge in [-0.2, -0.15) is 0 Å². The molecule has 180 valence electrons. The third-order valence-corrected chi connectivity index (χ3v) is 8.85. The number of hydrogen-bond acceptors (Lipinski definition) is 2. The monoisotopic (exact) mass is 492 g/mol. The lowest BCUT2D eigenvalue weighted by Gasteiger charge is -2.29. The average molecular weight is 493 g/mol. The molecule has 2 aliphatic rings. The molecular weight excluding hydrogens is 456 g/mol. The van der Waals surface area contributed by atoms with Crippen LogP contribution >= 0.6 is 23.7 Å². The van der Waals surface area contributed by atoms with Crippen molar-refractivity contribution in [3.63, 3.8) is 0 Å². The molecule has 3 aromatic rings. The lowest BCUT2D eigenvalue weighted by atomic mass is 9.87. The van der Waals surface area contributed by atoms with Gasteiger partial charge >= 0.3 is 0 Å². The number of likely N-dealkylation sites (tertiary alicyclic amines) is 1. The highest BCUT2D eigenvalue weighted by molar-refractivity contribution is 7.19. The van der Waals surface area contributed by atoms with Crippen LogP contribution in [0.4, 0.5) is 0 Å². The Labute approximate surface area is 215 Å². The van der Waals surface area contributed by atoms with Gasteiger partial charge in [0, 0.05) is 33.6 Å². The molecule has 1 N–H and O–H groups in total. The molecule has 1 aliphatic heterocycles. The Morgan fingerprint density at radius 3 is 2.21 bits per heavy atom. The molecule has 1 unspecified atom stereocenters. The Bertz CT molecular complexity index is 1160. The Morgan fingerprint density at radius 2 is 1.59 bits per heavy atom. The summed E-state index contributed by atoms with van der Waals surface area (Å²) in [5.41, 5.74) is 7.15. The number of benzene rings is 2. The Kier molecular flexibility index (Phi) is 7.54. The van der Waals surface area contributed by atoms with E-state index in [-0.39, 0.29) is 17.8 Å². The van der Waals surface area contributed by atoms with Crippen LogP contribution < -0.4 is 0 Å². The first-order valence-electron chi connectivity index (χ1n) is 12.7. The summed E-state index contributed by atoms with van der Waals surface area (Å²) in [5, 5.41) is 10.0. The van der Waals surface area contributed by atoms with E-state index in [4.69, 9.17) is 5.41 Å². The summed E-state index contributed by atoms with van der Waals surface area (Å²) >= 11 is 1.98. The van der Waals surface area contributed by atoms with Gasteiger partial charge in [0.15, 0.2) is 0 Å². The molecule has 2 heterocycles. The molecular formula is C30H37ClN2S. The van der Waals surface area contributed by atoms with Crippen molar-refractivity contribution in [2.45, 2.75) is 65.7 Å². The number of halogens is 1. The lowest BCUT2D eigenvalue weighted by Crippen LogP contribution is -2.35. The minimum absolute atomic E-state index is 0. The highest BCUT2D eigenvalue weighted by Crippen LogP contribution is 2.50. The second-order valence-corrected chi connectivity index (χ2v) is 11.2. The van der Waals surface area contributed by atoms with E-state index in [2.05, 4.69) is 74.2 Å². The van der Waals surface area contributed by atoms with E-state index in [0.29, 0.717) is 5.84 Å². The summed E-state index contributed by atoms with van der Waals surface area (Å²) in [6.45, 7) is 8.88. The number of piperidine rings is 1. The number of allylic oxidation sites excluding steroid dienone is 2. The third kappa shape index (κ3) is 4.97. The number of fused-ring (bicyclic) bond motifs is 1. The predicted molar refractivity (Wildman–Crippen MR) is 150 cm³/mol. The molecule has 1 atom stereocenters. The number of thiophene rings is 1. The van der Waals surface area contributed by atoms with Crippen molar-refractivity contribution in [2.24, 2.45) is 5.41 Å². The van der Waals surface area contributed by atoms with E-state index in [1.807, 2.05) is 11.3 Å². The summed E-state index contributed by atoms with van der Waals surface area (Å²) in [7, 11) is 0. The van der Waals surface area contributed by atoms with Crippen molar-refractivity contribution in [1.82, 2.24) is 4.90 Å². The Hall–Kier alpha value is -2.10. The van der Waals surface area contributed by atoms with E-state index in [1.165, 1.54) is 56.5 Å². The van der Waals surface area contributed by atoms with Crippen LogP contribution in [0.25, 0.3) is 10.1 Å². The van der Waals surface area contributed by atoms with Gasteiger partial charge in [0.05, 0.1) is 0 Å². The molecule has 0 saturated carbocycles. The standard InChI is InChI=1S/C30H36N2S.ClH/c1-4-23-15-26-16-27(33-28(26)17-24(23)5-2)20-30(18-21(30)3)19-22-9-11-25(12-10-22)29(31)32-13-7-6-8-14-32;/h9-12,15-18,31H,4-8,13-14,19-20H2,1-3H3;1H. The highest BCUT2D eigenvalue weighted by atomic mass is 35.5. The number of hydrogen-bond donors (Lipinski definition) is 1. The van der Waals surface area contributed by atoms with E-state index in [0.717, 1.165) is 44.3 Å². The Balaban J connectivity index is 0.00000274. The van der Waals surface area contributed by atoms with Crippen LogP contribution in [0.1, 0.15) is 67.2 Å². The fourth-order valence-electron chi connectivity index (χ4n) is 5.55. The fourth-order valence-corrected chi connectivity index (χ4v) is 6.79. The van der Waals surface area contributed by atoms with Gasteiger partial charge in [0.25, 0.3) is 0 Å². The second kappa shape index (κ2) is 10.3. The molecule has 1 fully saturated rings. The molecule has 2 nitrogen and oxygen atoms in total. The van der Waals surface area contributed by atoms with Crippen LogP contribution in [-0.2, 0) is 25.7 Å². The van der Waals surface area contributed by atoms with Crippen molar-refractivity contribution in [2.75, 3.05) is 13.1 Å². The topological polar surface area (TPSA) is 27.1 Å². The zero-order chi connectivity index (χ0) is 23.0. The highest BCUT2D eigenvalue weighted by Gasteiger charge is 2.41. The zero-order valence-electron chi connectivity index (χ0n) is 20.7. The first-order valence-corrected chi connectivity index (χ1v) is 13.5. The van der Waals surface area contributed by atoms with Crippen LogP contribution in [0.15, 0.2) is 54.1 Å². The van der Waals surface area contributed by atoms with Crippen molar-refractivity contribution in [3.8, 4) is 0 Å². The van der Waals surface area contributed by atoms with Crippen LogP contribution in [0.5, 0.6) is 0 Å². The van der Waals surface area contributed by atoms with Crippen molar-refractivity contribution in [3.05, 3.63) is 81.2 Å². The molecule has 1 aliphatic carbocycles. The number of amidine groups is 1. The van der Waals surface area contributed by atoms with Crippen LogP contribution in [0, 0.1) is 10.8 Å². The molecule has 0 radical (unpaired) electrons. The summed E-state index contributed by atoms with van der Waals surface area (Å²) in [6, 6.07) is 16.1. The summed E-state index contributed by atoms with van der Waals surface area (Å²) < 4.78 is 1.44. The van der Waals surface area contributed by atoms with Gasteiger partial charge < -0.3 is 4.90 Å². The third-order valence-electron chi connectivity index (χ3n) is 7.76. The number of aryl methyl sites for hydroxylation is 2. The molecule has 5 rings (SSSR count). The van der Waals surface area contributed by atoms with Crippen molar-refractivity contribution >= 4 is 39.7 Å². The van der Waals surface area contributed by atoms with Gasteiger partial charge in [-0.25, -0.2) is 0 Å². The average Bonchev–Trinajstić information content (AvgIpc) is 3.28. The minimum atomic E-state index is 0. The van der Waals surface area contributed by atoms with E-state index in [9.17, 15) is 0 Å². The van der Waals surface area contributed by atoms with Gasteiger partial charge in [-0.1, -0.05) is 55.8 Å². The normalized spacial score (nSPS) is 19.6. The van der Waals surface area contributed by atoms with Gasteiger partial charge in [-0.15, -0.1) is 23.7 Å². The molecule has 0 spiro atoms. The lowest BCUT2D eigenvalue weighted by molar-refractivity contribution is 0.341. The fraction of sp³-hybridized carbons (Fsp3) is 0.433. The molecule has 34 heavy (non-hydrogen) atoms. The molecule has 4 heteroatoms. The quantitative estimate of drug-likeness (QED) is 0.202. The molecule has 1 saturated heterocycles. The molecule has 0 bridgehead atoms. The van der Waals surface area contributed by atoms with Gasteiger partial charge in [0.1, 0.15) is 5.84 Å².